The number of hydrogen-bond acceptors (Lipinski definition) is 1. The third-order valence-corrected chi connectivity index (χ3v) is 13.7. The number of hydrogen-bond donors (Lipinski definition) is 0. The average Bonchev–Trinajstić information content (AvgIpc) is 3.76. The molecule has 0 atom stereocenters. The summed E-state index contributed by atoms with van der Waals surface area (Å²) in [4.78, 5) is 2.39. The first kappa shape index (κ1) is 42.4. The van der Waals surface area contributed by atoms with E-state index in [2.05, 4.69) is 289 Å². The first-order chi connectivity index (χ1) is 34.7. The summed E-state index contributed by atoms with van der Waals surface area (Å²) in [5, 5.41) is 2.49. The van der Waals surface area contributed by atoms with E-state index in [4.69, 9.17) is 0 Å². The van der Waals surface area contributed by atoms with Gasteiger partial charge in [0.2, 0.25) is 0 Å². The smallest absolute Gasteiger partial charge is 0.0541 e. The highest BCUT2D eigenvalue weighted by atomic mass is 15.1. The van der Waals surface area contributed by atoms with Gasteiger partial charge in [0, 0.05) is 33.5 Å². The molecule has 12 rings (SSSR count). The molecule has 0 spiro atoms. The van der Waals surface area contributed by atoms with Gasteiger partial charge in [-0.2, -0.15) is 0 Å². The van der Waals surface area contributed by atoms with Crippen molar-refractivity contribution in [2.45, 2.75) is 12.8 Å². The molecule has 0 radical (unpaired) electrons. The van der Waals surface area contributed by atoms with Crippen LogP contribution in [-0.2, 0) is 12.8 Å². The van der Waals surface area contributed by atoms with Crippen LogP contribution in [0, 0.1) is 0 Å². The molecule has 1 aromatic heterocycles. The Labute approximate surface area is 410 Å². The normalized spacial score (nSPS) is 11.3. The molecule has 12 aromatic rings. The van der Waals surface area contributed by atoms with Crippen LogP contribution in [0.5, 0.6) is 0 Å². The van der Waals surface area contributed by atoms with Crippen LogP contribution in [0.2, 0.25) is 0 Å². The maximum Gasteiger partial charge on any atom is 0.0541 e. The molecule has 0 N–H and O–H groups in total. The monoisotopic (exact) mass is 894 g/mol. The Balaban J connectivity index is 0.888. The van der Waals surface area contributed by atoms with Crippen molar-refractivity contribution < 1.29 is 0 Å². The van der Waals surface area contributed by atoms with Gasteiger partial charge in [-0.1, -0.05) is 206 Å². The summed E-state index contributed by atoms with van der Waals surface area (Å²) >= 11 is 0. The summed E-state index contributed by atoms with van der Waals surface area (Å²) in [6.45, 7) is 0. The molecular formula is C68H50N2. The molecule has 0 saturated carbocycles. The van der Waals surface area contributed by atoms with E-state index in [0.29, 0.717) is 0 Å². The molecule has 0 aliphatic heterocycles. The van der Waals surface area contributed by atoms with Crippen LogP contribution >= 0.6 is 0 Å². The standard InChI is InChI=1S/C68H50N2/c1-5-19-49(20-6-1)43-57-25-13-14-32-63(57)64-41-40-62(47-58(64)44-50-21-7-2-8-22-50)69(59-29-11-4-12-30-59)60-38-35-52(36-39-60)53-26-17-27-54(45-53)56-37-42-68-66(48-56)65-33-15-16-34-67(65)70(68)61-31-18-28-55(46-61)51-23-9-3-10-24-51/h1-42,45-48H,43-44H2. The van der Waals surface area contributed by atoms with E-state index in [1.165, 1.54) is 88.6 Å². The van der Waals surface area contributed by atoms with Gasteiger partial charge in [0.1, 0.15) is 0 Å². The number of nitrogens with zero attached hydrogens (tertiary/aromatic N) is 2. The Morgan fingerprint density at radius 3 is 1.50 bits per heavy atom. The fraction of sp³-hybridized carbons (Fsp3) is 0.0294. The summed E-state index contributed by atoms with van der Waals surface area (Å²) < 4.78 is 2.41. The quantitative estimate of drug-likeness (QED) is 0.119. The van der Waals surface area contributed by atoms with Gasteiger partial charge in [0.05, 0.1) is 11.0 Å². The third kappa shape index (κ3) is 8.49. The van der Waals surface area contributed by atoms with E-state index in [9.17, 15) is 0 Å². The van der Waals surface area contributed by atoms with E-state index < -0.39 is 0 Å². The second kappa shape index (κ2) is 19.0. The van der Waals surface area contributed by atoms with Crippen LogP contribution in [0.25, 0.3) is 72.0 Å². The molecule has 0 unspecified atom stereocenters. The lowest BCUT2D eigenvalue weighted by Crippen LogP contribution is -2.10. The minimum atomic E-state index is 0.819. The summed E-state index contributed by atoms with van der Waals surface area (Å²) in [6.07, 6.45) is 1.69. The Kier molecular flexibility index (Phi) is 11.5. The zero-order valence-electron chi connectivity index (χ0n) is 38.9. The SMILES string of the molecule is c1ccc(Cc2ccccc2-c2ccc(N(c3ccccc3)c3ccc(-c4cccc(-c5ccc6c(c5)c5ccccc5n6-c5cccc(-c6ccccc6)c5)c4)cc3)cc2Cc2ccccc2)cc1. The average molecular weight is 895 g/mol. The van der Waals surface area contributed by atoms with Gasteiger partial charge in [-0.05, 0) is 152 Å². The molecule has 1 heterocycles. The second-order valence-corrected chi connectivity index (χ2v) is 18.1. The third-order valence-electron chi connectivity index (χ3n) is 13.7. The zero-order chi connectivity index (χ0) is 46.6. The van der Waals surface area contributed by atoms with Crippen molar-refractivity contribution in [2.24, 2.45) is 0 Å². The molecule has 2 heteroatoms. The summed E-state index contributed by atoms with van der Waals surface area (Å²) in [5.74, 6) is 0. The highest BCUT2D eigenvalue weighted by molar-refractivity contribution is 6.10. The lowest BCUT2D eigenvalue weighted by Gasteiger charge is -2.27. The second-order valence-electron chi connectivity index (χ2n) is 18.1. The van der Waals surface area contributed by atoms with Crippen LogP contribution in [0.3, 0.4) is 0 Å². The summed E-state index contributed by atoms with van der Waals surface area (Å²) in [6, 6.07) is 102. The molecule has 11 aromatic carbocycles. The van der Waals surface area contributed by atoms with Crippen LogP contribution in [0.4, 0.5) is 17.1 Å². The first-order valence-electron chi connectivity index (χ1n) is 24.2. The molecule has 70 heavy (non-hydrogen) atoms. The first-order valence-corrected chi connectivity index (χ1v) is 24.2. The molecule has 0 amide bonds. The van der Waals surface area contributed by atoms with Gasteiger partial charge >= 0.3 is 0 Å². The van der Waals surface area contributed by atoms with Crippen molar-refractivity contribution in [3.63, 3.8) is 0 Å². The maximum absolute atomic E-state index is 2.41. The molecule has 2 nitrogen and oxygen atoms in total. The van der Waals surface area contributed by atoms with Gasteiger partial charge in [-0.3, -0.25) is 0 Å². The number of aromatic nitrogens is 1. The predicted octanol–water partition coefficient (Wildman–Crippen LogP) is 18.1. The summed E-state index contributed by atoms with van der Waals surface area (Å²) in [5.41, 5.74) is 21.8. The van der Waals surface area contributed by atoms with Crippen LogP contribution in [0.15, 0.2) is 279 Å². The highest BCUT2D eigenvalue weighted by Gasteiger charge is 2.19. The molecule has 0 bridgehead atoms. The number of fused-ring (bicyclic) bond motifs is 3. The van der Waals surface area contributed by atoms with Gasteiger partial charge < -0.3 is 9.47 Å². The van der Waals surface area contributed by atoms with Gasteiger partial charge in [-0.25, -0.2) is 0 Å². The topological polar surface area (TPSA) is 8.17 Å². The number of anilines is 3. The fourth-order valence-corrected chi connectivity index (χ4v) is 10.3. The van der Waals surface area contributed by atoms with Gasteiger partial charge in [0.15, 0.2) is 0 Å². The van der Waals surface area contributed by atoms with E-state index in [1.807, 2.05) is 0 Å². The van der Waals surface area contributed by atoms with Gasteiger partial charge in [0.25, 0.3) is 0 Å². The lowest BCUT2D eigenvalue weighted by atomic mass is 9.89. The maximum atomic E-state index is 2.41. The minimum absolute atomic E-state index is 0.819. The van der Waals surface area contributed by atoms with E-state index in [1.54, 1.807) is 0 Å². The van der Waals surface area contributed by atoms with Crippen LogP contribution in [-0.4, -0.2) is 4.57 Å². The van der Waals surface area contributed by atoms with Crippen LogP contribution in [0.1, 0.15) is 22.3 Å². The molecular weight excluding hydrogens is 845 g/mol. The summed E-state index contributed by atoms with van der Waals surface area (Å²) in [7, 11) is 0. The van der Waals surface area contributed by atoms with Crippen molar-refractivity contribution >= 4 is 38.9 Å². The van der Waals surface area contributed by atoms with Gasteiger partial charge in [-0.15, -0.1) is 0 Å². The minimum Gasteiger partial charge on any atom is -0.310 e. The Morgan fingerprint density at radius 2 is 0.757 bits per heavy atom. The lowest BCUT2D eigenvalue weighted by molar-refractivity contribution is 1.16. The number of benzene rings is 11. The van der Waals surface area contributed by atoms with E-state index in [-0.39, 0.29) is 0 Å². The predicted molar refractivity (Wildman–Crippen MR) is 296 cm³/mol. The number of para-hydroxylation sites is 2. The zero-order valence-corrected chi connectivity index (χ0v) is 38.9. The molecule has 332 valence electrons. The Morgan fingerprint density at radius 1 is 0.271 bits per heavy atom. The van der Waals surface area contributed by atoms with E-state index >= 15 is 0 Å². The van der Waals surface area contributed by atoms with Crippen molar-refractivity contribution in [2.75, 3.05) is 4.90 Å². The molecule has 0 saturated heterocycles. The highest BCUT2D eigenvalue weighted by Crippen LogP contribution is 2.41. The Bertz CT molecular complexity index is 3740. The molecule has 0 fully saturated rings. The van der Waals surface area contributed by atoms with Crippen molar-refractivity contribution in [1.82, 2.24) is 4.57 Å². The van der Waals surface area contributed by atoms with E-state index in [0.717, 1.165) is 35.6 Å². The van der Waals surface area contributed by atoms with Crippen molar-refractivity contribution in [1.29, 1.82) is 0 Å². The largest absolute Gasteiger partial charge is 0.310 e. The van der Waals surface area contributed by atoms with Crippen molar-refractivity contribution in [3.05, 3.63) is 301 Å². The molecule has 0 aliphatic rings. The van der Waals surface area contributed by atoms with Crippen molar-refractivity contribution in [3.8, 4) is 50.2 Å². The van der Waals surface area contributed by atoms with Crippen LogP contribution < -0.4 is 4.90 Å². The Hall–Kier alpha value is -8.98. The number of rotatable bonds is 12. The fourth-order valence-electron chi connectivity index (χ4n) is 10.3. The molecule has 0 aliphatic carbocycles.